The van der Waals surface area contributed by atoms with Gasteiger partial charge < -0.3 is 10.1 Å². The van der Waals surface area contributed by atoms with Gasteiger partial charge in [0.1, 0.15) is 11.6 Å². The number of hydrogen-bond acceptors (Lipinski definition) is 5. The van der Waals surface area contributed by atoms with E-state index in [4.69, 9.17) is 4.74 Å². The summed E-state index contributed by atoms with van der Waals surface area (Å²) in [5, 5.41) is 2.34. The minimum absolute atomic E-state index is 0.102. The van der Waals surface area contributed by atoms with E-state index in [9.17, 15) is 18.8 Å². The molecule has 33 heavy (non-hydrogen) atoms. The maximum Gasteiger partial charge on any atom is 0.293 e. The van der Waals surface area contributed by atoms with Crippen LogP contribution in [0.4, 0.5) is 14.9 Å². The Kier molecular flexibility index (Phi) is 6.55. The molecular formula is C25H19FN2O4S. The van der Waals surface area contributed by atoms with Crippen LogP contribution >= 0.6 is 11.8 Å². The summed E-state index contributed by atoms with van der Waals surface area (Å²) in [6, 6.07) is 19.3. The van der Waals surface area contributed by atoms with Crippen molar-refractivity contribution in [1.82, 2.24) is 4.90 Å². The van der Waals surface area contributed by atoms with Crippen molar-refractivity contribution < 1.29 is 23.5 Å². The van der Waals surface area contributed by atoms with Gasteiger partial charge in [0.15, 0.2) is 0 Å². The van der Waals surface area contributed by atoms with Gasteiger partial charge in [-0.2, -0.15) is 0 Å². The molecule has 0 saturated carbocycles. The predicted octanol–water partition coefficient (Wildman–Crippen LogP) is 5.32. The zero-order valence-corrected chi connectivity index (χ0v) is 18.4. The van der Waals surface area contributed by atoms with Gasteiger partial charge in [0.2, 0.25) is 0 Å². The number of benzene rings is 3. The molecule has 4 rings (SSSR count). The molecule has 8 heteroatoms. The van der Waals surface area contributed by atoms with Crippen LogP contribution in [0.2, 0.25) is 0 Å². The molecule has 0 unspecified atom stereocenters. The van der Waals surface area contributed by atoms with Crippen molar-refractivity contribution in [3.63, 3.8) is 0 Å². The lowest BCUT2D eigenvalue weighted by Gasteiger charge is -2.13. The van der Waals surface area contributed by atoms with Gasteiger partial charge in [-0.25, -0.2) is 4.39 Å². The summed E-state index contributed by atoms with van der Waals surface area (Å²) in [5.41, 5.74) is 2.38. The second-order valence-corrected chi connectivity index (χ2v) is 8.19. The quantitative estimate of drug-likeness (QED) is 0.502. The van der Waals surface area contributed by atoms with Gasteiger partial charge in [0.25, 0.3) is 17.1 Å². The highest BCUT2D eigenvalue weighted by atomic mass is 32.2. The van der Waals surface area contributed by atoms with Crippen molar-refractivity contribution in [2.24, 2.45) is 0 Å². The number of hydrogen-bond donors (Lipinski definition) is 1. The Bertz CT molecular complexity index is 1220. The first-order valence-corrected chi connectivity index (χ1v) is 10.8. The van der Waals surface area contributed by atoms with Crippen molar-refractivity contribution in [1.29, 1.82) is 0 Å². The number of imide groups is 1. The predicted molar refractivity (Wildman–Crippen MR) is 125 cm³/mol. The Morgan fingerprint density at radius 1 is 1.00 bits per heavy atom. The fourth-order valence-electron chi connectivity index (χ4n) is 3.17. The molecule has 3 amide bonds. The van der Waals surface area contributed by atoms with E-state index in [0.29, 0.717) is 27.5 Å². The molecule has 1 N–H and O–H groups in total. The zero-order valence-electron chi connectivity index (χ0n) is 17.6. The van der Waals surface area contributed by atoms with E-state index in [2.05, 4.69) is 5.32 Å². The molecule has 0 atom stereocenters. The van der Waals surface area contributed by atoms with Gasteiger partial charge in [0.05, 0.1) is 18.6 Å². The van der Waals surface area contributed by atoms with Crippen LogP contribution in [-0.2, 0) is 11.3 Å². The number of carbonyl (C=O) groups is 3. The number of carbonyl (C=O) groups excluding carboxylic acids is 3. The number of ether oxygens (including phenoxy) is 1. The van der Waals surface area contributed by atoms with Crippen LogP contribution in [0.15, 0.2) is 77.7 Å². The highest BCUT2D eigenvalue weighted by molar-refractivity contribution is 8.18. The van der Waals surface area contributed by atoms with Crippen molar-refractivity contribution >= 4 is 40.6 Å². The monoisotopic (exact) mass is 462 g/mol. The Balaban J connectivity index is 1.41. The van der Waals surface area contributed by atoms with Gasteiger partial charge in [-0.05, 0) is 77.5 Å². The van der Waals surface area contributed by atoms with Crippen LogP contribution in [0.1, 0.15) is 21.5 Å². The Labute approximate surface area is 194 Å². The highest BCUT2D eigenvalue weighted by Crippen LogP contribution is 2.33. The van der Waals surface area contributed by atoms with Crippen LogP contribution in [0.25, 0.3) is 6.08 Å². The minimum atomic E-state index is -0.386. The summed E-state index contributed by atoms with van der Waals surface area (Å²) in [5.74, 6) is -0.390. The second kappa shape index (κ2) is 9.70. The fraction of sp³-hybridized carbons (Fsp3) is 0.0800. The maximum absolute atomic E-state index is 13.0. The number of thioether (sulfide) groups is 1. The molecule has 0 bridgehead atoms. The average Bonchev–Trinajstić information content (AvgIpc) is 3.08. The smallest absolute Gasteiger partial charge is 0.293 e. The van der Waals surface area contributed by atoms with Crippen molar-refractivity contribution in [3.8, 4) is 5.75 Å². The van der Waals surface area contributed by atoms with Gasteiger partial charge in [-0.15, -0.1) is 0 Å². The lowest BCUT2D eigenvalue weighted by molar-refractivity contribution is -0.123. The third-order valence-electron chi connectivity index (χ3n) is 4.95. The molecule has 0 aliphatic carbocycles. The largest absolute Gasteiger partial charge is 0.497 e. The topological polar surface area (TPSA) is 75.7 Å². The van der Waals surface area contributed by atoms with Crippen LogP contribution < -0.4 is 10.1 Å². The average molecular weight is 463 g/mol. The summed E-state index contributed by atoms with van der Waals surface area (Å²) in [7, 11) is 1.57. The molecule has 1 fully saturated rings. The lowest BCUT2D eigenvalue weighted by atomic mass is 10.1. The van der Waals surface area contributed by atoms with Crippen molar-refractivity contribution in [3.05, 3.63) is 100 Å². The molecule has 166 valence electrons. The molecule has 1 heterocycles. The normalized spacial score (nSPS) is 14.6. The van der Waals surface area contributed by atoms with E-state index in [0.717, 1.165) is 17.3 Å². The van der Waals surface area contributed by atoms with Crippen molar-refractivity contribution in [2.45, 2.75) is 6.54 Å². The molecular weight excluding hydrogens is 443 g/mol. The first-order valence-electron chi connectivity index (χ1n) is 9.98. The third kappa shape index (κ3) is 5.30. The van der Waals surface area contributed by atoms with E-state index in [1.807, 2.05) is 12.1 Å². The molecule has 0 aromatic heterocycles. The minimum Gasteiger partial charge on any atom is -0.497 e. The number of halogens is 1. The number of amides is 3. The summed E-state index contributed by atoms with van der Waals surface area (Å²) < 4.78 is 18.1. The maximum atomic E-state index is 13.0. The standard InChI is InChI=1S/C25H19FN2O4S/c1-32-21-12-4-16(5-13-21)14-22-24(30)28(25(31)33-22)15-17-2-6-18(7-3-17)23(29)27-20-10-8-19(26)9-11-20/h2-14H,15H2,1H3,(H,27,29)/b22-14-. The first kappa shape index (κ1) is 22.3. The number of methoxy groups -OCH3 is 1. The molecule has 6 nitrogen and oxygen atoms in total. The third-order valence-corrected chi connectivity index (χ3v) is 5.85. The number of anilines is 1. The van der Waals surface area contributed by atoms with E-state index in [1.54, 1.807) is 49.6 Å². The Hall–Kier alpha value is -3.91. The molecule has 3 aromatic carbocycles. The zero-order chi connectivity index (χ0) is 23.4. The van der Waals surface area contributed by atoms with Gasteiger partial charge in [-0.3, -0.25) is 19.3 Å². The molecule has 1 saturated heterocycles. The SMILES string of the molecule is COc1ccc(/C=C2\SC(=O)N(Cc3ccc(C(=O)Nc4ccc(F)cc4)cc3)C2=O)cc1. The van der Waals surface area contributed by atoms with E-state index in [-0.39, 0.29) is 29.4 Å². The summed E-state index contributed by atoms with van der Waals surface area (Å²) >= 11 is 0.893. The molecule has 0 radical (unpaired) electrons. The van der Waals surface area contributed by atoms with Crippen molar-refractivity contribution in [2.75, 3.05) is 12.4 Å². The Morgan fingerprint density at radius 3 is 2.30 bits per heavy atom. The van der Waals surface area contributed by atoms with Crippen LogP contribution in [0.5, 0.6) is 5.75 Å². The summed E-state index contributed by atoms with van der Waals surface area (Å²) in [6.07, 6.45) is 1.67. The highest BCUT2D eigenvalue weighted by Gasteiger charge is 2.35. The van der Waals surface area contributed by atoms with E-state index >= 15 is 0 Å². The second-order valence-electron chi connectivity index (χ2n) is 7.20. The summed E-state index contributed by atoms with van der Waals surface area (Å²) in [4.78, 5) is 39.1. The van der Waals surface area contributed by atoms with Crippen LogP contribution in [-0.4, -0.2) is 29.1 Å². The van der Waals surface area contributed by atoms with Crippen LogP contribution in [0, 0.1) is 5.82 Å². The molecule has 3 aromatic rings. The molecule has 1 aliphatic rings. The Morgan fingerprint density at radius 2 is 1.67 bits per heavy atom. The lowest BCUT2D eigenvalue weighted by Crippen LogP contribution is -2.27. The van der Waals surface area contributed by atoms with E-state index < -0.39 is 0 Å². The molecule has 0 spiro atoms. The van der Waals surface area contributed by atoms with Gasteiger partial charge in [-0.1, -0.05) is 24.3 Å². The van der Waals surface area contributed by atoms with Crippen LogP contribution in [0.3, 0.4) is 0 Å². The number of nitrogens with zero attached hydrogens (tertiary/aromatic N) is 1. The molecule has 1 aliphatic heterocycles. The fourth-order valence-corrected chi connectivity index (χ4v) is 4.01. The van der Waals surface area contributed by atoms with E-state index in [1.165, 1.54) is 29.2 Å². The number of rotatable bonds is 6. The number of nitrogens with one attached hydrogen (secondary N) is 1. The summed E-state index contributed by atoms with van der Waals surface area (Å²) in [6.45, 7) is 0.102. The van der Waals surface area contributed by atoms with Gasteiger partial charge >= 0.3 is 0 Å². The van der Waals surface area contributed by atoms with Gasteiger partial charge in [0, 0.05) is 11.3 Å². The first-order chi connectivity index (χ1) is 15.9.